The van der Waals surface area contributed by atoms with Gasteiger partial charge in [-0.15, -0.1) is 0 Å². The third-order valence-electron chi connectivity index (χ3n) is 2.45. The van der Waals surface area contributed by atoms with Gasteiger partial charge in [-0.2, -0.15) is 18.3 Å². The SMILES string of the molecule is CCn1nc(Cl)c(C(C)(C)C)c(C(F)(F)F)c1=O. The molecule has 1 heterocycles. The van der Waals surface area contributed by atoms with Crippen molar-refractivity contribution in [1.82, 2.24) is 9.78 Å². The molecular weight excluding hydrogens is 269 g/mol. The van der Waals surface area contributed by atoms with Crippen molar-refractivity contribution in [2.75, 3.05) is 0 Å². The van der Waals surface area contributed by atoms with Crippen molar-refractivity contribution in [2.24, 2.45) is 0 Å². The highest BCUT2D eigenvalue weighted by atomic mass is 35.5. The number of rotatable bonds is 1. The topological polar surface area (TPSA) is 34.9 Å². The van der Waals surface area contributed by atoms with E-state index in [4.69, 9.17) is 11.6 Å². The van der Waals surface area contributed by atoms with Crippen molar-refractivity contribution >= 4 is 11.6 Å². The van der Waals surface area contributed by atoms with E-state index in [9.17, 15) is 18.0 Å². The Bertz CT molecular complexity index is 515. The largest absolute Gasteiger partial charge is 0.422 e. The second kappa shape index (κ2) is 4.57. The van der Waals surface area contributed by atoms with E-state index in [-0.39, 0.29) is 17.3 Å². The highest BCUT2D eigenvalue weighted by Gasteiger charge is 2.42. The maximum absolute atomic E-state index is 13.0. The Morgan fingerprint density at radius 3 is 2.06 bits per heavy atom. The van der Waals surface area contributed by atoms with Gasteiger partial charge in [0.15, 0.2) is 5.15 Å². The number of aryl methyl sites for hydroxylation is 1. The normalized spacial score (nSPS) is 12.9. The van der Waals surface area contributed by atoms with Gasteiger partial charge in [-0.25, -0.2) is 4.68 Å². The number of nitrogens with zero attached hydrogens (tertiary/aromatic N) is 2. The van der Waals surface area contributed by atoms with Crippen molar-refractivity contribution in [1.29, 1.82) is 0 Å². The highest BCUT2D eigenvalue weighted by molar-refractivity contribution is 6.30. The quantitative estimate of drug-likeness (QED) is 0.792. The molecular formula is C11H14ClF3N2O. The minimum atomic E-state index is -4.75. The van der Waals surface area contributed by atoms with Gasteiger partial charge in [-0.1, -0.05) is 32.4 Å². The van der Waals surface area contributed by atoms with Crippen molar-refractivity contribution in [3.63, 3.8) is 0 Å². The first-order valence-electron chi connectivity index (χ1n) is 5.38. The van der Waals surface area contributed by atoms with Crippen LogP contribution in [0.5, 0.6) is 0 Å². The predicted molar refractivity (Wildman–Crippen MR) is 62.9 cm³/mol. The zero-order valence-electron chi connectivity index (χ0n) is 10.5. The molecule has 0 bridgehead atoms. The lowest BCUT2D eigenvalue weighted by atomic mass is 9.85. The van der Waals surface area contributed by atoms with Crippen molar-refractivity contribution in [3.8, 4) is 0 Å². The van der Waals surface area contributed by atoms with Crippen molar-refractivity contribution in [3.05, 3.63) is 26.6 Å². The summed E-state index contributed by atoms with van der Waals surface area (Å²) in [6.45, 7) is 6.23. The predicted octanol–water partition coefficient (Wildman–Crippen LogP) is 3.23. The van der Waals surface area contributed by atoms with Crippen LogP contribution in [0.15, 0.2) is 4.79 Å². The fourth-order valence-electron chi connectivity index (χ4n) is 1.70. The third-order valence-corrected chi connectivity index (χ3v) is 2.71. The molecule has 0 unspecified atom stereocenters. The first-order chi connectivity index (χ1) is 8.00. The van der Waals surface area contributed by atoms with Crippen LogP contribution in [0, 0.1) is 0 Å². The first kappa shape index (κ1) is 15.0. The van der Waals surface area contributed by atoms with E-state index in [1.807, 2.05) is 0 Å². The molecule has 0 aliphatic heterocycles. The van der Waals surface area contributed by atoms with E-state index >= 15 is 0 Å². The Morgan fingerprint density at radius 2 is 1.72 bits per heavy atom. The lowest BCUT2D eigenvalue weighted by Gasteiger charge is -2.24. The summed E-state index contributed by atoms with van der Waals surface area (Å²) in [5.74, 6) is 0. The van der Waals surface area contributed by atoms with Gasteiger partial charge in [0.05, 0.1) is 0 Å². The zero-order valence-corrected chi connectivity index (χ0v) is 11.3. The highest BCUT2D eigenvalue weighted by Crippen LogP contribution is 2.38. The molecule has 0 aliphatic rings. The molecule has 102 valence electrons. The molecule has 0 fully saturated rings. The monoisotopic (exact) mass is 282 g/mol. The molecule has 0 atom stereocenters. The Labute approximate surface area is 108 Å². The van der Waals surface area contributed by atoms with Crippen LogP contribution in [-0.4, -0.2) is 9.78 Å². The molecule has 3 nitrogen and oxygen atoms in total. The Kier molecular flexibility index (Phi) is 3.81. The van der Waals surface area contributed by atoms with E-state index in [2.05, 4.69) is 5.10 Å². The minimum absolute atomic E-state index is 0.0338. The molecule has 0 aliphatic carbocycles. The van der Waals surface area contributed by atoms with Crippen molar-refractivity contribution in [2.45, 2.75) is 45.8 Å². The van der Waals surface area contributed by atoms with E-state index in [0.717, 1.165) is 4.68 Å². The fourth-order valence-corrected chi connectivity index (χ4v) is 2.17. The Hall–Kier alpha value is -1.04. The molecule has 0 N–H and O–H groups in total. The van der Waals surface area contributed by atoms with Crippen LogP contribution < -0.4 is 5.56 Å². The second-order valence-corrected chi connectivity index (χ2v) is 5.27. The molecule has 0 radical (unpaired) electrons. The van der Waals surface area contributed by atoms with Crippen molar-refractivity contribution < 1.29 is 13.2 Å². The summed E-state index contributed by atoms with van der Waals surface area (Å²) in [5.41, 5.74) is -3.55. The molecule has 1 rings (SSSR count). The van der Waals surface area contributed by atoms with Gasteiger partial charge in [-0.3, -0.25) is 4.79 Å². The maximum Gasteiger partial charge on any atom is 0.422 e. The summed E-state index contributed by atoms with van der Waals surface area (Å²) in [5, 5.41) is 3.42. The molecule has 18 heavy (non-hydrogen) atoms. The second-order valence-electron chi connectivity index (χ2n) is 4.91. The molecule has 0 aromatic carbocycles. The van der Waals surface area contributed by atoms with Crippen LogP contribution in [0.1, 0.15) is 38.8 Å². The van der Waals surface area contributed by atoms with Crippen LogP contribution in [0.2, 0.25) is 5.15 Å². The summed E-state index contributed by atoms with van der Waals surface area (Å²) >= 11 is 5.81. The average molecular weight is 283 g/mol. The summed E-state index contributed by atoms with van der Waals surface area (Å²) in [4.78, 5) is 11.8. The summed E-state index contributed by atoms with van der Waals surface area (Å²) in [7, 11) is 0. The van der Waals surface area contributed by atoms with Gasteiger partial charge in [0.2, 0.25) is 0 Å². The minimum Gasteiger partial charge on any atom is -0.267 e. The fraction of sp³-hybridized carbons (Fsp3) is 0.636. The van der Waals surface area contributed by atoms with Crippen LogP contribution in [-0.2, 0) is 18.1 Å². The van der Waals surface area contributed by atoms with Gasteiger partial charge in [0, 0.05) is 12.1 Å². The van der Waals surface area contributed by atoms with E-state index in [0.29, 0.717) is 0 Å². The zero-order chi connectivity index (χ0) is 14.3. The molecule has 0 saturated carbocycles. The Balaban J connectivity index is 3.83. The molecule has 1 aromatic rings. The van der Waals surface area contributed by atoms with Crippen LogP contribution in [0.25, 0.3) is 0 Å². The van der Waals surface area contributed by atoms with Gasteiger partial charge in [0.25, 0.3) is 5.56 Å². The van der Waals surface area contributed by atoms with E-state index in [1.165, 1.54) is 6.92 Å². The number of aromatic nitrogens is 2. The summed E-state index contributed by atoms with van der Waals surface area (Å²) < 4.78 is 39.8. The molecule has 0 amide bonds. The summed E-state index contributed by atoms with van der Waals surface area (Å²) in [6, 6.07) is 0. The molecule has 0 saturated heterocycles. The standard InChI is InChI=1S/C11H14ClF3N2O/c1-5-17-9(18)7(11(13,14)15)6(8(12)16-17)10(2,3)4/h5H2,1-4H3. The van der Waals surface area contributed by atoms with Crippen LogP contribution >= 0.6 is 11.6 Å². The number of alkyl halides is 3. The number of halogens is 4. The van der Waals surface area contributed by atoms with Crippen LogP contribution in [0.4, 0.5) is 13.2 Å². The lowest BCUT2D eigenvalue weighted by Crippen LogP contribution is -2.35. The summed E-state index contributed by atoms with van der Waals surface area (Å²) in [6.07, 6.45) is -4.75. The third kappa shape index (κ3) is 2.68. The molecule has 1 aromatic heterocycles. The van der Waals surface area contributed by atoms with Gasteiger partial charge in [0.1, 0.15) is 5.56 Å². The van der Waals surface area contributed by atoms with Gasteiger partial charge < -0.3 is 0 Å². The first-order valence-corrected chi connectivity index (χ1v) is 5.76. The Morgan fingerprint density at radius 1 is 1.22 bits per heavy atom. The average Bonchev–Trinajstić information content (AvgIpc) is 2.16. The molecule has 7 heteroatoms. The van der Waals surface area contributed by atoms with E-state index < -0.39 is 22.7 Å². The smallest absolute Gasteiger partial charge is 0.267 e. The van der Waals surface area contributed by atoms with Crippen LogP contribution in [0.3, 0.4) is 0 Å². The lowest BCUT2D eigenvalue weighted by molar-refractivity contribution is -0.140. The number of hydrogen-bond acceptors (Lipinski definition) is 2. The van der Waals surface area contributed by atoms with E-state index in [1.54, 1.807) is 20.8 Å². The molecule has 0 spiro atoms. The number of hydrogen-bond donors (Lipinski definition) is 0. The van der Waals surface area contributed by atoms with Gasteiger partial charge >= 0.3 is 6.18 Å². The van der Waals surface area contributed by atoms with Gasteiger partial charge in [-0.05, 0) is 12.3 Å². The maximum atomic E-state index is 13.0.